The molecule has 5 heteroatoms. The van der Waals surface area contributed by atoms with Crippen LogP contribution in [0, 0.1) is 6.92 Å². The van der Waals surface area contributed by atoms with Crippen LogP contribution in [-0.2, 0) is 4.79 Å². The quantitative estimate of drug-likeness (QED) is 0.846. The zero-order valence-electron chi connectivity index (χ0n) is 11.0. The minimum Gasteiger partial charge on any atom is -0.392 e. The van der Waals surface area contributed by atoms with Crippen LogP contribution < -0.4 is 11.1 Å². The molecule has 2 aromatic rings. The van der Waals surface area contributed by atoms with Crippen molar-refractivity contribution in [3.8, 4) is 0 Å². The molecule has 1 aromatic carbocycles. The van der Waals surface area contributed by atoms with Crippen LogP contribution in [0.3, 0.4) is 0 Å². The summed E-state index contributed by atoms with van der Waals surface area (Å²) in [5, 5.41) is 2.78. The highest BCUT2D eigenvalue weighted by molar-refractivity contribution is 7.80. The second-order valence-corrected chi connectivity index (χ2v) is 4.89. The zero-order chi connectivity index (χ0) is 14.5. The van der Waals surface area contributed by atoms with Crippen LogP contribution in [0.2, 0.25) is 0 Å². The summed E-state index contributed by atoms with van der Waals surface area (Å²) in [6, 6.07) is 12.9. The van der Waals surface area contributed by atoms with Gasteiger partial charge in [-0.2, -0.15) is 0 Å². The summed E-state index contributed by atoms with van der Waals surface area (Å²) in [5.74, 6) is -0.901. The van der Waals surface area contributed by atoms with Gasteiger partial charge in [-0.25, -0.2) is 0 Å². The van der Waals surface area contributed by atoms with E-state index in [0.717, 1.165) is 11.3 Å². The van der Waals surface area contributed by atoms with Gasteiger partial charge in [0.2, 0.25) is 5.91 Å². The first kappa shape index (κ1) is 14.1. The fraction of sp³-hybridized carbons (Fsp3) is 0.133. The third-order valence-electron chi connectivity index (χ3n) is 2.86. The Labute approximate surface area is 123 Å². The number of aryl methyl sites for hydroxylation is 1. The SMILES string of the molecule is Cc1ccc(NC(=O)C(C(N)=S)c2ccccc2)cn1. The van der Waals surface area contributed by atoms with Crippen molar-refractivity contribution in [2.75, 3.05) is 5.32 Å². The number of amides is 1. The van der Waals surface area contributed by atoms with E-state index in [1.165, 1.54) is 0 Å². The van der Waals surface area contributed by atoms with Gasteiger partial charge in [-0.3, -0.25) is 9.78 Å². The molecule has 0 bridgehead atoms. The molecule has 20 heavy (non-hydrogen) atoms. The fourth-order valence-corrected chi connectivity index (χ4v) is 2.09. The number of aromatic nitrogens is 1. The van der Waals surface area contributed by atoms with E-state index >= 15 is 0 Å². The van der Waals surface area contributed by atoms with Crippen molar-refractivity contribution in [3.05, 3.63) is 59.9 Å². The maximum absolute atomic E-state index is 12.3. The Kier molecular flexibility index (Phi) is 4.42. The van der Waals surface area contributed by atoms with Crippen LogP contribution in [0.5, 0.6) is 0 Å². The Balaban J connectivity index is 2.20. The summed E-state index contributed by atoms with van der Waals surface area (Å²) in [6.45, 7) is 1.88. The van der Waals surface area contributed by atoms with Crippen molar-refractivity contribution >= 4 is 28.8 Å². The Morgan fingerprint density at radius 2 is 1.95 bits per heavy atom. The zero-order valence-corrected chi connectivity index (χ0v) is 11.9. The molecule has 1 amide bonds. The van der Waals surface area contributed by atoms with Gasteiger partial charge >= 0.3 is 0 Å². The van der Waals surface area contributed by atoms with Crippen LogP contribution >= 0.6 is 12.2 Å². The first-order chi connectivity index (χ1) is 9.58. The molecule has 0 fully saturated rings. The van der Waals surface area contributed by atoms with Gasteiger partial charge in [0.25, 0.3) is 0 Å². The van der Waals surface area contributed by atoms with Gasteiger partial charge in [-0.15, -0.1) is 0 Å². The fourth-order valence-electron chi connectivity index (χ4n) is 1.85. The van der Waals surface area contributed by atoms with Gasteiger partial charge in [0, 0.05) is 5.69 Å². The molecule has 1 unspecified atom stereocenters. The third-order valence-corrected chi connectivity index (χ3v) is 3.09. The Hall–Kier alpha value is -2.27. The van der Waals surface area contributed by atoms with E-state index in [4.69, 9.17) is 18.0 Å². The minimum atomic E-state index is -0.646. The molecule has 0 saturated heterocycles. The molecule has 0 aliphatic carbocycles. The first-order valence-corrected chi connectivity index (χ1v) is 6.56. The molecule has 0 saturated carbocycles. The second-order valence-electron chi connectivity index (χ2n) is 4.42. The number of carbonyl (C=O) groups is 1. The maximum atomic E-state index is 12.3. The lowest BCUT2D eigenvalue weighted by Crippen LogP contribution is -2.31. The summed E-state index contributed by atoms with van der Waals surface area (Å²) in [4.78, 5) is 16.6. The smallest absolute Gasteiger partial charge is 0.238 e. The van der Waals surface area contributed by atoms with Gasteiger partial charge in [0.05, 0.1) is 16.9 Å². The van der Waals surface area contributed by atoms with Crippen molar-refractivity contribution in [2.45, 2.75) is 12.8 Å². The van der Waals surface area contributed by atoms with Gasteiger partial charge in [0.15, 0.2) is 0 Å². The van der Waals surface area contributed by atoms with Crippen molar-refractivity contribution in [1.29, 1.82) is 0 Å². The highest BCUT2D eigenvalue weighted by Gasteiger charge is 2.23. The molecule has 3 N–H and O–H groups in total. The summed E-state index contributed by atoms with van der Waals surface area (Å²) >= 11 is 5.01. The molecule has 4 nitrogen and oxygen atoms in total. The Morgan fingerprint density at radius 1 is 1.25 bits per heavy atom. The number of nitrogens with two attached hydrogens (primary N) is 1. The molecule has 2 rings (SSSR count). The van der Waals surface area contributed by atoms with Crippen molar-refractivity contribution in [1.82, 2.24) is 4.98 Å². The van der Waals surface area contributed by atoms with Gasteiger partial charge in [0.1, 0.15) is 5.92 Å². The number of nitrogens with zero attached hydrogens (tertiary/aromatic N) is 1. The van der Waals surface area contributed by atoms with E-state index in [0.29, 0.717) is 5.69 Å². The lowest BCUT2D eigenvalue weighted by atomic mass is 9.98. The van der Waals surface area contributed by atoms with E-state index in [9.17, 15) is 4.79 Å². The molecule has 0 aliphatic rings. The lowest BCUT2D eigenvalue weighted by Gasteiger charge is -2.15. The van der Waals surface area contributed by atoms with E-state index in [1.807, 2.05) is 43.3 Å². The molecule has 1 atom stereocenters. The van der Waals surface area contributed by atoms with E-state index in [-0.39, 0.29) is 10.9 Å². The topological polar surface area (TPSA) is 68.0 Å². The van der Waals surface area contributed by atoms with Crippen molar-refractivity contribution in [2.24, 2.45) is 5.73 Å². The number of anilines is 1. The number of nitrogens with one attached hydrogen (secondary N) is 1. The van der Waals surface area contributed by atoms with Crippen molar-refractivity contribution in [3.63, 3.8) is 0 Å². The highest BCUT2D eigenvalue weighted by Crippen LogP contribution is 2.18. The molecule has 1 heterocycles. The average molecular weight is 285 g/mol. The van der Waals surface area contributed by atoms with Crippen molar-refractivity contribution < 1.29 is 4.79 Å². The number of pyridine rings is 1. The second kappa shape index (κ2) is 6.25. The molecular formula is C15H15N3OS. The largest absolute Gasteiger partial charge is 0.392 e. The summed E-state index contributed by atoms with van der Waals surface area (Å²) in [6.07, 6.45) is 1.61. The Bertz CT molecular complexity index is 611. The number of thiocarbonyl (C=S) groups is 1. The molecule has 0 aliphatic heterocycles. The van der Waals surface area contributed by atoms with Gasteiger partial charge < -0.3 is 11.1 Å². The number of benzene rings is 1. The monoisotopic (exact) mass is 285 g/mol. The lowest BCUT2D eigenvalue weighted by molar-refractivity contribution is -0.116. The first-order valence-electron chi connectivity index (χ1n) is 6.15. The standard InChI is InChI=1S/C15H15N3OS/c1-10-7-8-12(9-17-10)18-15(19)13(14(16)20)11-5-3-2-4-6-11/h2-9,13H,1H3,(H2,16,20)(H,18,19). The molecular weight excluding hydrogens is 270 g/mol. The molecule has 0 spiro atoms. The summed E-state index contributed by atoms with van der Waals surface area (Å²) < 4.78 is 0. The predicted molar refractivity (Wildman–Crippen MR) is 83.6 cm³/mol. The maximum Gasteiger partial charge on any atom is 0.238 e. The number of hydrogen-bond acceptors (Lipinski definition) is 3. The number of hydrogen-bond donors (Lipinski definition) is 2. The van der Waals surface area contributed by atoms with Crippen LogP contribution in [0.4, 0.5) is 5.69 Å². The third kappa shape index (κ3) is 3.39. The highest BCUT2D eigenvalue weighted by atomic mass is 32.1. The van der Waals surface area contributed by atoms with E-state index in [1.54, 1.807) is 12.3 Å². The summed E-state index contributed by atoms with van der Waals surface area (Å²) in [5.41, 5.74) is 7.99. The summed E-state index contributed by atoms with van der Waals surface area (Å²) in [7, 11) is 0. The van der Waals surface area contributed by atoms with E-state index in [2.05, 4.69) is 10.3 Å². The van der Waals surface area contributed by atoms with Crippen LogP contribution in [0.15, 0.2) is 48.7 Å². The molecule has 0 radical (unpaired) electrons. The predicted octanol–water partition coefficient (Wildman–Crippen LogP) is 2.40. The average Bonchev–Trinajstić information content (AvgIpc) is 2.42. The van der Waals surface area contributed by atoms with Gasteiger partial charge in [-0.1, -0.05) is 42.5 Å². The molecule has 1 aromatic heterocycles. The number of carbonyl (C=O) groups excluding carboxylic acids is 1. The van der Waals surface area contributed by atoms with E-state index < -0.39 is 5.92 Å². The number of rotatable bonds is 4. The molecule has 102 valence electrons. The van der Waals surface area contributed by atoms with Crippen LogP contribution in [0.1, 0.15) is 17.2 Å². The normalized spacial score (nSPS) is 11.7. The minimum absolute atomic E-state index is 0.147. The van der Waals surface area contributed by atoms with Crippen LogP contribution in [-0.4, -0.2) is 15.9 Å². The van der Waals surface area contributed by atoms with Crippen LogP contribution in [0.25, 0.3) is 0 Å². The Morgan fingerprint density at radius 3 is 2.50 bits per heavy atom. The van der Waals surface area contributed by atoms with Gasteiger partial charge in [-0.05, 0) is 24.6 Å².